The van der Waals surface area contributed by atoms with Gasteiger partial charge in [0, 0.05) is 6.20 Å². The van der Waals surface area contributed by atoms with Crippen LogP contribution in [0.3, 0.4) is 0 Å². The van der Waals surface area contributed by atoms with E-state index in [9.17, 15) is 4.79 Å². The maximum Gasteiger partial charge on any atom is 0.269 e. The highest BCUT2D eigenvalue weighted by atomic mass is 16.5. The summed E-state index contributed by atoms with van der Waals surface area (Å²) in [5.41, 5.74) is 0.482. The zero-order valence-corrected chi connectivity index (χ0v) is 11.1. The van der Waals surface area contributed by atoms with Crippen molar-refractivity contribution in [1.29, 1.82) is 0 Å². The van der Waals surface area contributed by atoms with E-state index in [4.69, 9.17) is 4.74 Å². The Kier molecular flexibility index (Phi) is 3.67. The first kappa shape index (κ1) is 12.7. The quantitative estimate of drug-likeness (QED) is 0.895. The summed E-state index contributed by atoms with van der Waals surface area (Å²) in [5.74, 6) is 0.719. The van der Waals surface area contributed by atoms with Crippen molar-refractivity contribution in [2.75, 3.05) is 0 Å². The lowest BCUT2D eigenvalue weighted by Crippen LogP contribution is -2.42. The van der Waals surface area contributed by atoms with E-state index in [1.807, 2.05) is 30.3 Å². The average molecular weight is 271 g/mol. The lowest BCUT2D eigenvalue weighted by Gasteiger charge is -2.22. The summed E-state index contributed by atoms with van der Waals surface area (Å²) in [6.07, 6.45) is 4.57. The number of para-hydroxylation sites is 1. The normalized spacial score (nSPS) is 21.6. The van der Waals surface area contributed by atoms with Crippen molar-refractivity contribution in [2.45, 2.75) is 31.4 Å². The molecule has 1 aliphatic rings. The van der Waals surface area contributed by atoms with Crippen molar-refractivity contribution in [2.24, 2.45) is 0 Å². The predicted molar refractivity (Wildman–Crippen MR) is 74.6 cm³/mol. The molecule has 0 spiro atoms. The maximum absolute atomic E-state index is 12.0. The van der Waals surface area contributed by atoms with Crippen molar-refractivity contribution in [1.82, 2.24) is 15.5 Å². The first-order valence-electron chi connectivity index (χ1n) is 6.85. The third kappa shape index (κ3) is 2.82. The van der Waals surface area contributed by atoms with Gasteiger partial charge < -0.3 is 10.1 Å². The highest BCUT2D eigenvalue weighted by Gasteiger charge is 2.30. The second-order valence-corrected chi connectivity index (χ2v) is 4.95. The number of rotatable bonds is 4. The molecule has 0 saturated heterocycles. The van der Waals surface area contributed by atoms with Crippen molar-refractivity contribution in [3.8, 4) is 5.75 Å². The summed E-state index contributed by atoms with van der Waals surface area (Å²) >= 11 is 0. The second-order valence-electron chi connectivity index (χ2n) is 4.95. The third-order valence-electron chi connectivity index (χ3n) is 3.55. The van der Waals surface area contributed by atoms with Gasteiger partial charge in [-0.2, -0.15) is 5.10 Å². The Morgan fingerprint density at radius 3 is 2.85 bits per heavy atom. The van der Waals surface area contributed by atoms with Gasteiger partial charge in [0.25, 0.3) is 5.91 Å². The smallest absolute Gasteiger partial charge is 0.269 e. The molecule has 104 valence electrons. The van der Waals surface area contributed by atoms with Crippen LogP contribution in [0.1, 0.15) is 29.8 Å². The van der Waals surface area contributed by atoms with E-state index < -0.39 is 0 Å². The van der Waals surface area contributed by atoms with Crippen LogP contribution < -0.4 is 10.1 Å². The molecule has 1 saturated carbocycles. The SMILES string of the molecule is O=C(N[C@@H]1CCC[C@@H]1Oc1ccccc1)c1ccn[nH]1. The molecule has 5 nitrogen and oxygen atoms in total. The molecule has 2 atom stereocenters. The number of carbonyl (C=O) groups is 1. The number of aromatic amines is 1. The molecule has 1 amide bonds. The number of aromatic nitrogens is 2. The van der Waals surface area contributed by atoms with Gasteiger partial charge in [0.1, 0.15) is 17.5 Å². The van der Waals surface area contributed by atoms with E-state index in [-0.39, 0.29) is 18.1 Å². The summed E-state index contributed by atoms with van der Waals surface area (Å²) in [4.78, 5) is 12.0. The molecular formula is C15H17N3O2. The number of hydrogen-bond acceptors (Lipinski definition) is 3. The Morgan fingerprint density at radius 2 is 2.10 bits per heavy atom. The molecule has 3 rings (SSSR count). The van der Waals surface area contributed by atoms with E-state index in [2.05, 4.69) is 15.5 Å². The molecule has 1 fully saturated rings. The van der Waals surface area contributed by atoms with E-state index in [1.165, 1.54) is 0 Å². The predicted octanol–water partition coefficient (Wildman–Crippen LogP) is 2.14. The topological polar surface area (TPSA) is 67.0 Å². The van der Waals surface area contributed by atoms with Gasteiger partial charge in [-0.05, 0) is 37.5 Å². The van der Waals surface area contributed by atoms with Gasteiger partial charge >= 0.3 is 0 Å². The number of H-pyrrole nitrogens is 1. The molecule has 0 aliphatic heterocycles. The van der Waals surface area contributed by atoms with Gasteiger partial charge in [-0.25, -0.2) is 0 Å². The molecule has 5 heteroatoms. The number of hydrogen-bond donors (Lipinski definition) is 2. The first-order valence-corrected chi connectivity index (χ1v) is 6.85. The number of benzene rings is 1. The average Bonchev–Trinajstić information content (AvgIpc) is 3.12. The largest absolute Gasteiger partial charge is 0.488 e. The molecule has 1 heterocycles. The Balaban J connectivity index is 1.62. The Hall–Kier alpha value is -2.30. The molecule has 1 aromatic carbocycles. The first-order chi connectivity index (χ1) is 9.83. The van der Waals surface area contributed by atoms with Crippen molar-refractivity contribution in [3.63, 3.8) is 0 Å². The highest BCUT2D eigenvalue weighted by Crippen LogP contribution is 2.24. The number of nitrogens with zero attached hydrogens (tertiary/aromatic N) is 1. The monoisotopic (exact) mass is 271 g/mol. The van der Waals surface area contributed by atoms with Gasteiger partial charge in [-0.15, -0.1) is 0 Å². The molecule has 2 aromatic rings. The summed E-state index contributed by atoms with van der Waals surface area (Å²) in [7, 11) is 0. The number of carbonyl (C=O) groups excluding carboxylic acids is 1. The fraction of sp³-hybridized carbons (Fsp3) is 0.333. The lowest BCUT2D eigenvalue weighted by atomic mass is 10.2. The van der Waals surface area contributed by atoms with Crippen LogP contribution in [-0.2, 0) is 0 Å². The zero-order chi connectivity index (χ0) is 13.8. The molecule has 2 N–H and O–H groups in total. The number of ether oxygens (including phenoxy) is 1. The van der Waals surface area contributed by atoms with Crippen molar-refractivity contribution >= 4 is 5.91 Å². The van der Waals surface area contributed by atoms with E-state index in [0.29, 0.717) is 5.69 Å². The van der Waals surface area contributed by atoms with Crippen LogP contribution in [0, 0.1) is 0 Å². The Morgan fingerprint density at radius 1 is 1.25 bits per heavy atom. The molecule has 0 radical (unpaired) electrons. The summed E-state index contributed by atoms with van der Waals surface area (Å²) < 4.78 is 5.97. The molecular weight excluding hydrogens is 254 g/mol. The Bertz CT molecular complexity index is 554. The van der Waals surface area contributed by atoms with Crippen LogP contribution in [0.4, 0.5) is 0 Å². The highest BCUT2D eigenvalue weighted by molar-refractivity contribution is 5.92. The van der Waals surface area contributed by atoms with Gasteiger partial charge in [-0.1, -0.05) is 18.2 Å². The summed E-state index contributed by atoms with van der Waals surface area (Å²) in [6.45, 7) is 0. The van der Waals surface area contributed by atoms with E-state index in [1.54, 1.807) is 12.3 Å². The molecule has 0 unspecified atom stereocenters. The minimum atomic E-state index is -0.129. The van der Waals surface area contributed by atoms with Gasteiger partial charge in [0.2, 0.25) is 0 Å². The summed E-state index contributed by atoms with van der Waals surface area (Å²) in [6, 6.07) is 11.4. The third-order valence-corrected chi connectivity index (χ3v) is 3.55. The van der Waals surface area contributed by atoms with E-state index in [0.717, 1.165) is 25.0 Å². The fourth-order valence-corrected chi connectivity index (χ4v) is 2.53. The van der Waals surface area contributed by atoms with Crippen LogP contribution in [0.2, 0.25) is 0 Å². The van der Waals surface area contributed by atoms with Crippen LogP contribution in [-0.4, -0.2) is 28.3 Å². The zero-order valence-electron chi connectivity index (χ0n) is 11.1. The van der Waals surface area contributed by atoms with Gasteiger partial charge in [0.05, 0.1) is 6.04 Å². The van der Waals surface area contributed by atoms with Crippen LogP contribution in [0.25, 0.3) is 0 Å². The maximum atomic E-state index is 12.0. The van der Waals surface area contributed by atoms with Gasteiger partial charge in [0.15, 0.2) is 0 Å². The van der Waals surface area contributed by atoms with Crippen LogP contribution in [0.5, 0.6) is 5.75 Å². The fourth-order valence-electron chi connectivity index (χ4n) is 2.53. The standard InChI is InChI=1S/C15H17N3O2/c19-15(13-9-10-16-18-13)17-12-7-4-8-14(12)20-11-5-2-1-3-6-11/h1-3,5-6,9-10,12,14H,4,7-8H2,(H,16,18)(H,17,19)/t12-,14+/m1/s1. The van der Waals surface area contributed by atoms with Crippen LogP contribution in [0.15, 0.2) is 42.6 Å². The van der Waals surface area contributed by atoms with Crippen molar-refractivity contribution < 1.29 is 9.53 Å². The van der Waals surface area contributed by atoms with Gasteiger partial charge in [-0.3, -0.25) is 9.89 Å². The summed E-state index contributed by atoms with van der Waals surface area (Å²) in [5, 5.41) is 9.48. The van der Waals surface area contributed by atoms with Crippen molar-refractivity contribution in [3.05, 3.63) is 48.3 Å². The minimum Gasteiger partial charge on any atom is -0.488 e. The Labute approximate surface area is 117 Å². The minimum absolute atomic E-state index is 0.0317. The molecule has 1 aliphatic carbocycles. The molecule has 20 heavy (non-hydrogen) atoms. The number of amides is 1. The second kappa shape index (κ2) is 5.77. The molecule has 1 aromatic heterocycles. The van der Waals surface area contributed by atoms with E-state index >= 15 is 0 Å². The lowest BCUT2D eigenvalue weighted by molar-refractivity contribution is 0.0889. The number of nitrogens with one attached hydrogen (secondary N) is 2. The molecule has 0 bridgehead atoms. The van der Waals surface area contributed by atoms with Crippen LogP contribution >= 0.6 is 0 Å².